The number of hydrogen-bond acceptors (Lipinski definition) is 4. The highest BCUT2D eigenvalue weighted by Gasteiger charge is 2.45. The number of hydrogen-bond donors (Lipinski definition) is 0. The van der Waals surface area contributed by atoms with Crippen LogP contribution >= 0.6 is 0 Å². The summed E-state index contributed by atoms with van der Waals surface area (Å²) in [5.74, 6) is 1.85. The maximum absolute atomic E-state index is 10.5. The molecule has 4 heteroatoms. The quantitative estimate of drug-likeness (QED) is 0.110. The van der Waals surface area contributed by atoms with Gasteiger partial charge in [-0.15, -0.1) is 0 Å². The molecule has 1 aliphatic heterocycles. The van der Waals surface area contributed by atoms with Crippen molar-refractivity contribution in [1.29, 1.82) is 0 Å². The molecule has 0 bridgehead atoms. The van der Waals surface area contributed by atoms with Gasteiger partial charge in [0.1, 0.15) is 6.29 Å². The molecule has 3 aliphatic rings. The molecule has 0 radical (unpaired) electrons. The second kappa shape index (κ2) is 17.0. The molecular formula is C34H50O4. The molecule has 1 saturated heterocycles. The molecule has 0 aromatic heterocycles. The number of ether oxygens (including phenoxy) is 3. The first-order valence-corrected chi connectivity index (χ1v) is 15.5. The van der Waals surface area contributed by atoms with Gasteiger partial charge in [0.05, 0.1) is 12.7 Å². The summed E-state index contributed by atoms with van der Waals surface area (Å²) in [5, 5.41) is 0. The molecule has 210 valence electrons. The average Bonchev–Trinajstić information content (AvgIpc) is 3.48. The Labute approximate surface area is 231 Å². The van der Waals surface area contributed by atoms with Crippen molar-refractivity contribution < 1.29 is 19.0 Å². The van der Waals surface area contributed by atoms with Crippen LogP contribution in [0.2, 0.25) is 0 Å². The Bertz CT molecular complexity index is 841. The van der Waals surface area contributed by atoms with Gasteiger partial charge in [0.25, 0.3) is 0 Å². The molecule has 4 nitrogen and oxygen atoms in total. The normalized spacial score (nSPS) is 27.1. The number of unbranched alkanes of at least 4 members (excludes halogenated alkanes) is 7. The highest BCUT2D eigenvalue weighted by molar-refractivity contribution is 5.48. The molecule has 2 aliphatic carbocycles. The van der Waals surface area contributed by atoms with Gasteiger partial charge in [-0.1, -0.05) is 73.4 Å². The van der Waals surface area contributed by atoms with Crippen LogP contribution in [0.1, 0.15) is 102 Å². The van der Waals surface area contributed by atoms with E-state index in [9.17, 15) is 4.79 Å². The molecule has 1 heterocycles. The van der Waals surface area contributed by atoms with Gasteiger partial charge < -0.3 is 19.0 Å². The molecule has 38 heavy (non-hydrogen) atoms. The summed E-state index contributed by atoms with van der Waals surface area (Å²) >= 11 is 0. The zero-order valence-corrected chi connectivity index (χ0v) is 23.4. The second-order valence-electron chi connectivity index (χ2n) is 11.6. The first kappa shape index (κ1) is 29.2. The van der Waals surface area contributed by atoms with Crippen molar-refractivity contribution in [1.82, 2.24) is 0 Å². The summed E-state index contributed by atoms with van der Waals surface area (Å²) in [6, 6.07) is 10.4. The van der Waals surface area contributed by atoms with Gasteiger partial charge in [-0.25, -0.2) is 0 Å². The summed E-state index contributed by atoms with van der Waals surface area (Å²) in [4.78, 5) is 10.5. The zero-order valence-electron chi connectivity index (χ0n) is 23.4. The minimum atomic E-state index is -0.00569. The molecule has 1 aromatic rings. The van der Waals surface area contributed by atoms with Crippen molar-refractivity contribution in [3.05, 3.63) is 59.7 Å². The Morgan fingerprint density at radius 1 is 0.947 bits per heavy atom. The smallest absolute Gasteiger partial charge is 0.157 e. The van der Waals surface area contributed by atoms with Crippen LogP contribution in [0.25, 0.3) is 0 Å². The number of carbonyl (C=O) groups is 1. The van der Waals surface area contributed by atoms with Crippen LogP contribution < -0.4 is 0 Å². The van der Waals surface area contributed by atoms with Crippen molar-refractivity contribution >= 4 is 6.29 Å². The van der Waals surface area contributed by atoms with Crippen molar-refractivity contribution in [2.75, 3.05) is 13.2 Å². The predicted octanol–water partition coefficient (Wildman–Crippen LogP) is 8.35. The topological polar surface area (TPSA) is 44.8 Å². The van der Waals surface area contributed by atoms with Crippen LogP contribution in [0.3, 0.4) is 0 Å². The van der Waals surface area contributed by atoms with Gasteiger partial charge in [-0.2, -0.15) is 0 Å². The third-order valence-corrected chi connectivity index (χ3v) is 8.59. The lowest BCUT2D eigenvalue weighted by atomic mass is 9.88. The summed E-state index contributed by atoms with van der Waals surface area (Å²) < 4.78 is 18.4. The lowest BCUT2D eigenvalue weighted by molar-refractivity contribution is -0.192. The molecular weight excluding hydrogens is 472 g/mol. The van der Waals surface area contributed by atoms with E-state index < -0.39 is 0 Å². The maximum Gasteiger partial charge on any atom is 0.157 e. The van der Waals surface area contributed by atoms with Crippen LogP contribution in [-0.4, -0.2) is 31.9 Å². The SMILES string of the molecule is O=CCCCCCCC=C[C@@H]1[C@@H]2CC(CCCCCOCc3ccccc3)=C[C@@H]2C[C@H]1OC1CCCCO1. The lowest BCUT2D eigenvalue weighted by Gasteiger charge is -2.29. The minimum absolute atomic E-state index is 0.00569. The van der Waals surface area contributed by atoms with E-state index in [1.165, 1.54) is 50.5 Å². The van der Waals surface area contributed by atoms with Crippen LogP contribution in [0.4, 0.5) is 0 Å². The number of allylic oxidation sites excluding steroid dienone is 3. The van der Waals surface area contributed by atoms with E-state index in [1.807, 2.05) is 6.07 Å². The van der Waals surface area contributed by atoms with E-state index in [1.54, 1.807) is 5.57 Å². The fourth-order valence-electron chi connectivity index (χ4n) is 6.52. The Hall–Kier alpha value is -1.75. The van der Waals surface area contributed by atoms with Gasteiger partial charge in [0, 0.05) is 25.6 Å². The van der Waals surface area contributed by atoms with Gasteiger partial charge in [0.2, 0.25) is 0 Å². The van der Waals surface area contributed by atoms with Gasteiger partial charge >= 0.3 is 0 Å². The van der Waals surface area contributed by atoms with Crippen LogP contribution in [0, 0.1) is 17.8 Å². The Balaban J connectivity index is 1.18. The third kappa shape index (κ3) is 9.77. The maximum atomic E-state index is 10.5. The average molecular weight is 523 g/mol. The summed E-state index contributed by atoms with van der Waals surface area (Å²) in [5.41, 5.74) is 2.93. The monoisotopic (exact) mass is 522 g/mol. The van der Waals surface area contributed by atoms with Crippen molar-refractivity contribution in [3.8, 4) is 0 Å². The van der Waals surface area contributed by atoms with E-state index in [-0.39, 0.29) is 12.4 Å². The van der Waals surface area contributed by atoms with E-state index in [2.05, 4.69) is 42.5 Å². The Kier molecular flexibility index (Phi) is 13.1. The number of rotatable bonds is 18. The van der Waals surface area contributed by atoms with Crippen molar-refractivity contribution in [3.63, 3.8) is 0 Å². The number of carbonyl (C=O) groups excluding carboxylic acids is 1. The molecule has 0 N–H and O–H groups in total. The third-order valence-electron chi connectivity index (χ3n) is 8.59. The number of aldehydes is 1. The molecule has 1 saturated carbocycles. The van der Waals surface area contributed by atoms with E-state index >= 15 is 0 Å². The van der Waals surface area contributed by atoms with Crippen molar-refractivity contribution in [2.45, 2.75) is 115 Å². The molecule has 1 aromatic carbocycles. The Morgan fingerprint density at radius 3 is 2.61 bits per heavy atom. The highest BCUT2D eigenvalue weighted by Crippen LogP contribution is 2.49. The summed E-state index contributed by atoms with van der Waals surface area (Å²) in [6.45, 7) is 2.42. The molecule has 2 fully saturated rings. The number of benzene rings is 1. The standard InChI is InChI=1S/C34H50O4/c35-21-13-5-3-1-2-4-11-19-31-32-25-29(18-10-7-14-22-36-27-28-16-8-6-9-17-28)24-30(32)26-33(31)38-34-20-12-15-23-37-34/h6,8-9,11,16-17,19,21,24,30-34H,1-5,7,10,12-15,18,20,22-23,25-27H2/t30-,31-,32-,33-,34?/m1/s1. The minimum Gasteiger partial charge on any atom is -0.377 e. The Morgan fingerprint density at radius 2 is 1.79 bits per heavy atom. The molecule has 4 rings (SSSR count). The van der Waals surface area contributed by atoms with Gasteiger partial charge in [-0.3, -0.25) is 0 Å². The van der Waals surface area contributed by atoms with Crippen LogP contribution in [0.5, 0.6) is 0 Å². The largest absolute Gasteiger partial charge is 0.377 e. The number of fused-ring (bicyclic) bond motifs is 1. The van der Waals surface area contributed by atoms with Crippen LogP contribution in [0.15, 0.2) is 54.1 Å². The lowest BCUT2D eigenvalue weighted by Crippen LogP contribution is -2.30. The fraction of sp³-hybridized carbons (Fsp3) is 0.676. The summed E-state index contributed by atoms with van der Waals surface area (Å²) in [7, 11) is 0. The van der Waals surface area contributed by atoms with E-state index in [4.69, 9.17) is 14.2 Å². The van der Waals surface area contributed by atoms with Gasteiger partial charge in [-0.05, 0) is 88.0 Å². The molecule has 1 unspecified atom stereocenters. The molecule has 0 amide bonds. The van der Waals surface area contributed by atoms with Gasteiger partial charge in [0.15, 0.2) is 6.29 Å². The van der Waals surface area contributed by atoms with E-state index in [0.29, 0.717) is 24.2 Å². The predicted molar refractivity (Wildman–Crippen MR) is 154 cm³/mol. The molecule has 0 spiro atoms. The first-order valence-electron chi connectivity index (χ1n) is 15.5. The first-order chi connectivity index (χ1) is 18.8. The summed E-state index contributed by atoms with van der Waals surface area (Å²) in [6.07, 6.45) is 26.0. The van der Waals surface area contributed by atoms with Crippen LogP contribution in [-0.2, 0) is 25.6 Å². The second-order valence-corrected chi connectivity index (χ2v) is 11.6. The fourth-order valence-corrected chi connectivity index (χ4v) is 6.52. The van der Waals surface area contributed by atoms with E-state index in [0.717, 1.165) is 71.1 Å². The highest BCUT2D eigenvalue weighted by atomic mass is 16.7. The zero-order chi connectivity index (χ0) is 26.3. The van der Waals surface area contributed by atoms with Crippen molar-refractivity contribution in [2.24, 2.45) is 17.8 Å². The molecule has 5 atom stereocenters.